The second-order valence-corrected chi connectivity index (χ2v) is 3.86. The number of nitrogens with two attached hydrogens (primary N) is 1. The molecule has 3 N–H and O–H groups in total. The van der Waals surface area contributed by atoms with E-state index in [2.05, 4.69) is 20.7 Å². The SMILES string of the molecule is Nn1cnnc1NN=Cc1cccc(Cl)c1Cl.[Cl-]. The molecule has 2 rings (SSSR count). The van der Waals surface area contributed by atoms with Gasteiger partial charge in [-0.2, -0.15) is 5.10 Å². The average Bonchev–Trinajstić information content (AvgIpc) is 2.71. The van der Waals surface area contributed by atoms with Crippen molar-refractivity contribution in [1.82, 2.24) is 14.9 Å². The van der Waals surface area contributed by atoms with Crippen LogP contribution >= 0.6 is 23.2 Å². The first-order chi connectivity index (χ1) is 8.18. The summed E-state index contributed by atoms with van der Waals surface area (Å²) in [5, 5.41) is 12.1. The fourth-order valence-electron chi connectivity index (χ4n) is 1.10. The summed E-state index contributed by atoms with van der Waals surface area (Å²) in [5.41, 5.74) is 3.31. The van der Waals surface area contributed by atoms with Crippen LogP contribution in [0.1, 0.15) is 5.56 Å². The summed E-state index contributed by atoms with van der Waals surface area (Å²) in [6.45, 7) is 0. The van der Waals surface area contributed by atoms with E-state index in [1.165, 1.54) is 17.2 Å². The van der Waals surface area contributed by atoms with Crippen molar-refractivity contribution in [2.24, 2.45) is 5.10 Å². The lowest BCUT2D eigenvalue weighted by Crippen LogP contribution is -3.00. The predicted molar refractivity (Wildman–Crippen MR) is 67.9 cm³/mol. The van der Waals surface area contributed by atoms with E-state index in [1.54, 1.807) is 18.2 Å². The molecular formula is C9H8Cl3N6-. The monoisotopic (exact) mass is 305 g/mol. The van der Waals surface area contributed by atoms with Crippen LogP contribution in [0.2, 0.25) is 10.0 Å². The number of benzene rings is 1. The van der Waals surface area contributed by atoms with Crippen LogP contribution in [0.3, 0.4) is 0 Å². The highest BCUT2D eigenvalue weighted by Gasteiger charge is 2.01. The third-order valence-electron chi connectivity index (χ3n) is 1.92. The molecule has 6 nitrogen and oxygen atoms in total. The fraction of sp³-hybridized carbons (Fsp3) is 0. The highest BCUT2D eigenvalue weighted by molar-refractivity contribution is 6.43. The van der Waals surface area contributed by atoms with E-state index in [0.29, 0.717) is 21.6 Å². The van der Waals surface area contributed by atoms with Crippen LogP contribution in [0.5, 0.6) is 0 Å². The zero-order chi connectivity index (χ0) is 12.3. The van der Waals surface area contributed by atoms with Crippen molar-refractivity contribution >= 4 is 35.4 Å². The smallest absolute Gasteiger partial charge is 0.263 e. The maximum absolute atomic E-state index is 5.98. The molecule has 0 aliphatic carbocycles. The molecule has 9 heteroatoms. The molecule has 0 fully saturated rings. The zero-order valence-electron chi connectivity index (χ0n) is 8.89. The summed E-state index contributed by atoms with van der Waals surface area (Å²) in [6.07, 6.45) is 2.87. The standard InChI is InChI=1S/C9H8Cl2N6.ClH/c10-7-3-1-2-6(8(7)11)4-13-15-9-16-14-5-17(9)12;/h1-5H,12H2,(H,15,16);1H/p-1. The Morgan fingerprint density at radius 3 is 2.83 bits per heavy atom. The number of halogens is 3. The van der Waals surface area contributed by atoms with Crippen molar-refractivity contribution in [2.75, 3.05) is 11.3 Å². The topological polar surface area (TPSA) is 81.1 Å². The molecule has 96 valence electrons. The van der Waals surface area contributed by atoms with E-state index in [4.69, 9.17) is 29.0 Å². The molecule has 2 aromatic rings. The molecule has 0 aliphatic rings. The highest BCUT2D eigenvalue weighted by Crippen LogP contribution is 2.24. The Labute approximate surface area is 119 Å². The number of aromatic nitrogens is 3. The Kier molecular flexibility index (Phi) is 5.21. The van der Waals surface area contributed by atoms with Gasteiger partial charge in [0, 0.05) is 5.56 Å². The quantitative estimate of drug-likeness (QED) is 0.422. The lowest BCUT2D eigenvalue weighted by molar-refractivity contribution is -0.00000336. The predicted octanol–water partition coefficient (Wildman–Crippen LogP) is -1.25. The second-order valence-electron chi connectivity index (χ2n) is 3.07. The molecule has 0 radical (unpaired) electrons. The van der Waals surface area contributed by atoms with Crippen molar-refractivity contribution in [1.29, 1.82) is 0 Å². The van der Waals surface area contributed by atoms with Gasteiger partial charge in [-0.05, 0) is 6.07 Å². The van der Waals surface area contributed by atoms with Gasteiger partial charge in [0.25, 0.3) is 5.95 Å². The Hall–Kier alpha value is -1.50. The molecule has 0 atom stereocenters. The molecule has 0 spiro atoms. The van der Waals surface area contributed by atoms with Crippen molar-refractivity contribution in [2.45, 2.75) is 0 Å². The molecule has 0 saturated heterocycles. The molecule has 1 aromatic heterocycles. The number of anilines is 1. The van der Waals surface area contributed by atoms with Crippen molar-refractivity contribution in [3.8, 4) is 0 Å². The van der Waals surface area contributed by atoms with Crippen LogP contribution in [-0.2, 0) is 0 Å². The molecule has 1 heterocycles. The highest BCUT2D eigenvalue weighted by atomic mass is 35.5. The normalized spacial score (nSPS) is 10.3. The first-order valence-electron chi connectivity index (χ1n) is 4.56. The van der Waals surface area contributed by atoms with E-state index in [0.717, 1.165) is 0 Å². The van der Waals surface area contributed by atoms with Gasteiger partial charge in [-0.1, -0.05) is 35.3 Å². The molecule has 1 aromatic carbocycles. The number of hydrogen-bond donors (Lipinski definition) is 2. The van der Waals surface area contributed by atoms with E-state index >= 15 is 0 Å². The Morgan fingerprint density at radius 1 is 1.39 bits per heavy atom. The van der Waals surface area contributed by atoms with Crippen LogP contribution < -0.4 is 23.7 Å². The van der Waals surface area contributed by atoms with Gasteiger partial charge >= 0.3 is 0 Å². The Bertz CT molecular complexity index is 553. The van der Waals surface area contributed by atoms with Gasteiger partial charge in [0.15, 0.2) is 0 Å². The second kappa shape index (κ2) is 6.44. The zero-order valence-corrected chi connectivity index (χ0v) is 11.2. The third kappa shape index (κ3) is 3.25. The van der Waals surface area contributed by atoms with Crippen molar-refractivity contribution in [3.05, 3.63) is 40.1 Å². The van der Waals surface area contributed by atoms with Crippen molar-refractivity contribution in [3.63, 3.8) is 0 Å². The van der Waals surface area contributed by atoms with Gasteiger partial charge in [0.2, 0.25) is 0 Å². The first kappa shape index (κ1) is 14.6. The summed E-state index contributed by atoms with van der Waals surface area (Å²) in [5.74, 6) is 5.80. The molecule has 0 aliphatic heterocycles. The van der Waals surface area contributed by atoms with Crippen LogP contribution in [0.4, 0.5) is 5.95 Å². The molecule has 0 saturated carbocycles. The number of nitrogens with one attached hydrogen (secondary N) is 1. The van der Waals surface area contributed by atoms with Crippen molar-refractivity contribution < 1.29 is 12.4 Å². The molecule has 0 amide bonds. The third-order valence-corrected chi connectivity index (χ3v) is 2.76. The maximum Gasteiger partial charge on any atom is 0.263 e. The summed E-state index contributed by atoms with van der Waals surface area (Å²) in [6, 6.07) is 5.26. The van der Waals surface area contributed by atoms with Gasteiger partial charge in [-0.25, -0.2) is 10.1 Å². The van der Waals surface area contributed by atoms with Crippen LogP contribution in [0.15, 0.2) is 29.6 Å². The molecule has 18 heavy (non-hydrogen) atoms. The lowest BCUT2D eigenvalue weighted by Gasteiger charge is -2.00. The number of hydrogen-bond acceptors (Lipinski definition) is 5. The van der Waals surface area contributed by atoms with Gasteiger partial charge in [0.1, 0.15) is 6.33 Å². The van der Waals surface area contributed by atoms with E-state index < -0.39 is 0 Å². The Balaban J connectivity index is 0.00000162. The van der Waals surface area contributed by atoms with E-state index in [-0.39, 0.29) is 12.4 Å². The van der Waals surface area contributed by atoms with Gasteiger partial charge in [0.05, 0.1) is 16.3 Å². The summed E-state index contributed by atoms with van der Waals surface area (Å²) < 4.78 is 1.21. The molecule has 0 unspecified atom stereocenters. The number of nitrogen functional groups attached to an aromatic ring is 1. The summed E-state index contributed by atoms with van der Waals surface area (Å²) in [7, 11) is 0. The minimum atomic E-state index is 0. The van der Waals surface area contributed by atoms with Crippen LogP contribution in [0.25, 0.3) is 0 Å². The van der Waals surface area contributed by atoms with Gasteiger partial charge in [-0.15, -0.1) is 10.2 Å². The van der Waals surface area contributed by atoms with Crippen LogP contribution in [0, 0.1) is 0 Å². The number of nitrogens with zero attached hydrogens (tertiary/aromatic N) is 4. The molecular weight excluding hydrogens is 298 g/mol. The van der Waals surface area contributed by atoms with E-state index in [9.17, 15) is 0 Å². The van der Waals surface area contributed by atoms with E-state index in [1.807, 2.05) is 0 Å². The minimum absolute atomic E-state index is 0. The maximum atomic E-state index is 5.98. The van der Waals surface area contributed by atoms with Crippen LogP contribution in [-0.4, -0.2) is 21.1 Å². The lowest BCUT2D eigenvalue weighted by atomic mass is 10.2. The number of rotatable bonds is 3. The minimum Gasteiger partial charge on any atom is -1.00 e. The summed E-state index contributed by atoms with van der Waals surface area (Å²) >= 11 is 11.8. The fourth-order valence-corrected chi connectivity index (χ4v) is 1.46. The largest absolute Gasteiger partial charge is 1.00 e. The number of hydrazone groups is 1. The summed E-state index contributed by atoms with van der Waals surface area (Å²) in [4.78, 5) is 0. The Morgan fingerprint density at radius 2 is 2.17 bits per heavy atom. The average molecular weight is 307 g/mol. The molecule has 0 bridgehead atoms. The van der Waals surface area contributed by atoms with Gasteiger partial charge in [-0.3, -0.25) is 0 Å². The van der Waals surface area contributed by atoms with Gasteiger partial charge < -0.3 is 18.2 Å². The first-order valence-corrected chi connectivity index (χ1v) is 5.32.